The van der Waals surface area contributed by atoms with Crippen LogP contribution < -0.4 is 0 Å². The van der Waals surface area contributed by atoms with Crippen LogP contribution in [0.1, 0.15) is 41.3 Å². The number of aliphatic hydroxyl groups excluding tert-OH is 1. The van der Waals surface area contributed by atoms with Gasteiger partial charge in [0.25, 0.3) is 0 Å². The van der Waals surface area contributed by atoms with Crippen LogP contribution in [0.4, 0.5) is 0 Å². The lowest BCUT2D eigenvalue weighted by Gasteiger charge is -2.21. The first-order valence-corrected chi connectivity index (χ1v) is 6.25. The number of rotatable bonds is 3. The van der Waals surface area contributed by atoms with Crippen molar-refractivity contribution in [2.24, 2.45) is 0 Å². The maximum Gasteiger partial charge on any atom is 0.0873 e. The number of aliphatic hydroxyl groups is 1. The van der Waals surface area contributed by atoms with E-state index in [9.17, 15) is 5.11 Å². The molecule has 0 saturated heterocycles. The van der Waals surface area contributed by atoms with Gasteiger partial charge >= 0.3 is 0 Å². The molecule has 18 heavy (non-hydrogen) atoms. The summed E-state index contributed by atoms with van der Waals surface area (Å²) in [5, 5.41) is 10.5. The molecule has 1 aromatic carbocycles. The van der Waals surface area contributed by atoms with Gasteiger partial charge in [0, 0.05) is 17.8 Å². The molecule has 0 aliphatic heterocycles. The molecule has 0 aliphatic carbocycles. The number of aromatic nitrogens is 1. The Balaban J connectivity index is 2.31. The van der Waals surface area contributed by atoms with Crippen LogP contribution in [0.2, 0.25) is 0 Å². The van der Waals surface area contributed by atoms with Crippen molar-refractivity contribution in [1.82, 2.24) is 4.98 Å². The SMILES string of the molecule is Cc1ccc(C)c(C(O)C(C)c2ccccn2)c1. The van der Waals surface area contributed by atoms with Crippen LogP contribution in [0.25, 0.3) is 0 Å². The number of hydrogen-bond acceptors (Lipinski definition) is 2. The van der Waals surface area contributed by atoms with Crippen LogP contribution in [0.15, 0.2) is 42.6 Å². The summed E-state index contributed by atoms with van der Waals surface area (Å²) in [5.41, 5.74) is 4.21. The van der Waals surface area contributed by atoms with Crippen molar-refractivity contribution < 1.29 is 5.11 Å². The minimum absolute atomic E-state index is 0.00769. The second-order valence-corrected chi connectivity index (χ2v) is 4.85. The van der Waals surface area contributed by atoms with Gasteiger partial charge in [-0.3, -0.25) is 4.98 Å². The van der Waals surface area contributed by atoms with Gasteiger partial charge in [0.1, 0.15) is 0 Å². The first-order valence-electron chi connectivity index (χ1n) is 6.25. The Morgan fingerprint density at radius 3 is 2.56 bits per heavy atom. The highest BCUT2D eigenvalue weighted by Crippen LogP contribution is 2.31. The summed E-state index contributed by atoms with van der Waals surface area (Å²) in [4.78, 5) is 4.32. The molecule has 0 saturated carbocycles. The Morgan fingerprint density at radius 1 is 1.11 bits per heavy atom. The summed E-state index contributed by atoms with van der Waals surface area (Å²) < 4.78 is 0. The van der Waals surface area contributed by atoms with E-state index in [-0.39, 0.29) is 5.92 Å². The van der Waals surface area contributed by atoms with E-state index in [2.05, 4.69) is 23.2 Å². The van der Waals surface area contributed by atoms with Crippen molar-refractivity contribution in [1.29, 1.82) is 0 Å². The molecular weight excluding hydrogens is 222 g/mol. The zero-order valence-corrected chi connectivity index (χ0v) is 11.1. The molecule has 2 aromatic rings. The molecule has 1 N–H and O–H groups in total. The predicted octanol–water partition coefficient (Wildman–Crippen LogP) is 3.54. The largest absolute Gasteiger partial charge is 0.388 e. The van der Waals surface area contributed by atoms with Gasteiger partial charge in [-0.2, -0.15) is 0 Å². The van der Waals surface area contributed by atoms with Crippen LogP contribution >= 0.6 is 0 Å². The summed E-state index contributed by atoms with van der Waals surface area (Å²) in [5.74, 6) is -0.00769. The summed E-state index contributed by atoms with van der Waals surface area (Å²) in [6.07, 6.45) is 1.25. The van der Waals surface area contributed by atoms with Gasteiger partial charge in [-0.25, -0.2) is 0 Å². The van der Waals surface area contributed by atoms with Crippen molar-refractivity contribution >= 4 is 0 Å². The Morgan fingerprint density at radius 2 is 1.89 bits per heavy atom. The van der Waals surface area contributed by atoms with Crippen molar-refractivity contribution in [2.45, 2.75) is 32.8 Å². The fourth-order valence-corrected chi connectivity index (χ4v) is 2.15. The molecule has 1 heterocycles. The molecule has 2 nitrogen and oxygen atoms in total. The fourth-order valence-electron chi connectivity index (χ4n) is 2.15. The molecule has 0 fully saturated rings. The van der Waals surface area contributed by atoms with Crippen LogP contribution in [0, 0.1) is 13.8 Å². The molecule has 2 rings (SSSR count). The van der Waals surface area contributed by atoms with E-state index >= 15 is 0 Å². The van der Waals surface area contributed by atoms with Crippen LogP contribution in [-0.4, -0.2) is 10.1 Å². The van der Waals surface area contributed by atoms with Crippen LogP contribution in [-0.2, 0) is 0 Å². The van der Waals surface area contributed by atoms with Crippen molar-refractivity contribution in [3.8, 4) is 0 Å². The summed E-state index contributed by atoms with van der Waals surface area (Å²) in [6, 6.07) is 12.0. The molecule has 1 aromatic heterocycles. The predicted molar refractivity (Wildman–Crippen MR) is 73.5 cm³/mol. The quantitative estimate of drug-likeness (QED) is 0.891. The third-order valence-electron chi connectivity index (χ3n) is 3.38. The van der Waals surface area contributed by atoms with Crippen LogP contribution in [0.5, 0.6) is 0 Å². The smallest absolute Gasteiger partial charge is 0.0873 e. The zero-order valence-electron chi connectivity index (χ0n) is 11.1. The van der Waals surface area contributed by atoms with Crippen LogP contribution in [0.3, 0.4) is 0 Å². The van der Waals surface area contributed by atoms with E-state index in [1.807, 2.05) is 39.0 Å². The van der Waals surface area contributed by atoms with Crippen molar-refractivity contribution in [3.63, 3.8) is 0 Å². The number of nitrogens with zero attached hydrogens (tertiary/aromatic N) is 1. The van der Waals surface area contributed by atoms with Gasteiger partial charge < -0.3 is 5.11 Å². The molecule has 0 bridgehead atoms. The van der Waals surface area contributed by atoms with E-state index in [0.29, 0.717) is 0 Å². The molecule has 0 amide bonds. The standard InChI is InChI=1S/C16H19NO/c1-11-7-8-12(2)14(10-11)16(18)13(3)15-6-4-5-9-17-15/h4-10,13,16,18H,1-3H3. The molecular formula is C16H19NO. The minimum atomic E-state index is -0.514. The molecule has 0 aliphatic rings. The van der Waals surface area contributed by atoms with E-state index in [4.69, 9.17) is 0 Å². The van der Waals surface area contributed by atoms with Gasteiger partial charge in [0.15, 0.2) is 0 Å². The lowest BCUT2D eigenvalue weighted by molar-refractivity contribution is 0.149. The maximum atomic E-state index is 10.5. The second kappa shape index (κ2) is 5.32. The number of hydrogen-bond donors (Lipinski definition) is 1. The summed E-state index contributed by atoms with van der Waals surface area (Å²) >= 11 is 0. The number of benzene rings is 1. The average Bonchev–Trinajstić information content (AvgIpc) is 2.41. The van der Waals surface area contributed by atoms with E-state index in [0.717, 1.165) is 16.8 Å². The first kappa shape index (κ1) is 12.8. The average molecular weight is 241 g/mol. The Kier molecular flexibility index (Phi) is 3.78. The summed E-state index contributed by atoms with van der Waals surface area (Å²) in [6.45, 7) is 6.08. The summed E-state index contributed by atoms with van der Waals surface area (Å²) in [7, 11) is 0. The monoisotopic (exact) mass is 241 g/mol. The zero-order chi connectivity index (χ0) is 13.1. The van der Waals surface area contributed by atoms with Crippen molar-refractivity contribution in [3.05, 3.63) is 65.0 Å². The van der Waals surface area contributed by atoms with E-state index in [1.54, 1.807) is 6.20 Å². The molecule has 2 unspecified atom stereocenters. The third-order valence-corrected chi connectivity index (χ3v) is 3.38. The van der Waals surface area contributed by atoms with E-state index in [1.165, 1.54) is 5.56 Å². The maximum absolute atomic E-state index is 10.5. The highest BCUT2D eigenvalue weighted by Gasteiger charge is 2.20. The Labute approximate surface area is 108 Å². The second-order valence-electron chi connectivity index (χ2n) is 4.85. The van der Waals surface area contributed by atoms with Gasteiger partial charge in [0.05, 0.1) is 6.10 Å². The molecule has 0 spiro atoms. The highest BCUT2D eigenvalue weighted by atomic mass is 16.3. The highest BCUT2D eigenvalue weighted by molar-refractivity contribution is 5.33. The molecule has 94 valence electrons. The number of aryl methyl sites for hydroxylation is 2. The van der Waals surface area contributed by atoms with Gasteiger partial charge in [-0.05, 0) is 37.1 Å². The Hall–Kier alpha value is -1.67. The molecule has 2 heteroatoms. The molecule has 0 radical (unpaired) electrons. The lowest BCUT2D eigenvalue weighted by atomic mass is 9.90. The lowest BCUT2D eigenvalue weighted by Crippen LogP contribution is -2.10. The van der Waals surface area contributed by atoms with Gasteiger partial charge in [-0.15, -0.1) is 0 Å². The van der Waals surface area contributed by atoms with Crippen molar-refractivity contribution in [2.75, 3.05) is 0 Å². The van der Waals surface area contributed by atoms with Gasteiger partial charge in [-0.1, -0.05) is 36.8 Å². The normalized spacial score (nSPS) is 14.2. The van der Waals surface area contributed by atoms with E-state index < -0.39 is 6.10 Å². The molecule has 2 atom stereocenters. The van der Waals surface area contributed by atoms with Gasteiger partial charge in [0.2, 0.25) is 0 Å². The fraction of sp³-hybridized carbons (Fsp3) is 0.312. The topological polar surface area (TPSA) is 33.1 Å². The minimum Gasteiger partial charge on any atom is -0.388 e. The Bertz CT molecular complexity index is 522. The first-order chi connectivity index (χ1) is 8.59. The third kappa shape index (κ3) is 2.59. The number of pyridine rings is 1.